The maximum absolute atomic E-state index is 13.6. The number of carbonyl (C=O) groups is 1. The molecule has 0 spiro atoms. The molecule has 0 fully saturated rings. The molecule has 0 saturated heterocycles. The molecule has 96 valence electrons. The van der Waals surface area contributed by atoms with Crippen molar-refractivity contribution in [3.05, 3.63) is 29.2 Å². The summed E-state index contributed by atoms with van der Waals surface area (Å²) >= 11 is 1.17. The van der Waals surface area contributed by atoms with Gasteiger partial charge < -0.3 is 10.1 Å². The van der Waals surface area contributed by atoms with E-state index in [1.807, 2.05) is 0 Å². The van der Waals surface area contributed by atoms with Gasteiger partial charge in [-0.05, 0) is 24.5 Å². The first kappa shape index (κ1) is 11.7. The second-order valence-electron chi connectivity index (χ2n) is 3.93. The molecule has 0 saturated carbocycles. The van der Waals surface area contributed by atoms with Gasteiger partial charge in [-0.15, -0.1) is 5.10 Å². The average molecular weight is 278 g/mol. The fourth-order valence-corrected chi connectivity index (χ4v) is 2.35. The number of aromatic carboxylic acids is 1. The van der Waals surface area contributed by atoms with Crippen LogP contribution in [0.3, 0.4) is 0 Å². The van der Waals surface area contributed by atoms with Crippen LogP contribution in [0.4, 0.5) is 4.39 Å². The summed E-state index contributed by atoms with van der Waals surface area (Å²) in [6, 6.07) is 2.33. The predicted octanol–water partition coefficient (Wildman–Crippen LogP) is 2.23. The minimum atomic E-state index is -1.32. The van der Waals surface area contributed by atoms with Gasteiger partial charge >= 0.3 is 5.97 Å². The largest absolute Gasteiger partial charge is 0.478 e. The maximum atomic E-state index is 13.6. The summed E-state index contributed by atoms with van der Waals surface area (Å²) in [6.07, 6.45) is 0. The van der Waals surface area contributed by atoms with Crippen molar-refractivity contribution in [1.82, 2.24) is 19.6 Å². The highest BCUT2D eigenvalue weighted by Gasteiger charge is 2.16. The van der Waals surface area contributed by atoms with Crippen LogP contribution in [-0.2, 0) is 0 Å². The number of nitrogens with zero attached hydrogens (tertiary/aromatic N) is 3. The van der Waals surface area contributed by atoms with Gasteiger partial charge in [0.2, 0.25) is 0 Å². The van der Waals surface area contributed by atoms with Crippen LogP contribution in [-0.4, -0.2) is 30.6 Å². The Morgan fingerprint density at radius 2 is 2.26 bits per heavy atom. The number of fused-ring (bicyclic) bond motifs is 1. The Kier molecular flexibility index (Phi) is 2.53. The first-order valence-electron chi connectivity index (χ1n) is 5.28. The Balaban J connectivity index is 2.21. The van der Waals surface area contributed by atoms with E-state index in [1.165, 1.54) is 17.6 Å². The summed E-state index contributed by atoms with van der Waals surface area (Å²) in [7, 11) is 0. The molecule has 0 aliphatic carbocycles. The molecule has 0 bridgehead atoms. The van der Waals surface area contributed by atoms with Crippen LogP contribution in [0.1, 0.15) is 16.1 Å². The molecule has 2 aromatic heterocycles. The van der Waals surface area contributed by atoms with Crippen molar-refractivity contribution in [3.8, 4) is 10.7 Å². The second kappa shape index (κ2) is 4.09. The van der Waals surface area contributed by atoms with E-state index >= 15 is 0 Å². The van der Waals surface area contributed by atoms with E-state index in [4.69, 9.17) is 5.11 Å². The summed E-state index contributed by atoms with van der Waals surface area (Å²) in [5, 5.41) is 12.7. The van der Waals surface area contributed by atoms with Crippen LogP contribution in [0.15, 0.2) is 12.1 Å². The lowest BCUT2D eigenvalue weighted by molar-refractivity contribution is 0.0692. The number of rotatable bonds is 2. The Hall–Kier alpha value is -2.35. The molecule has 2 heterocycles. The molecule has 1 aromatic carbocycles. The first-order chi connectivity index (χ1) is 9.06. The normalized spacial score (nSPS) is 11.1. The number of nitrogens with one attached hydrogen (secondary N) is 1. The molecule has 3 aromatic rings. The lowest BCUT2D eigenvalue weighted by atomic mass is 10.2. The number of hydrogen-bond acceptors (Lipinski definition) is 5. The van der Waals surface area contributed by atoms with Gasteiger partial charge in [0, 0.05) is 6.07 Å². The number of aromatic nitrogens is 4. The van der Waals surface area contributed by atoms with Gasteiger partial charge in [-0.25, -0.2) is 14.2 Å². The lowest BCUT2D eigenvalue weighted by Crippen LogP contribution is -1.99. The Bertz CT molecular complexity index is 795. The molecule has 8 heteroatoms. The number of benzene rings is 1. The minimum Gasteiger partial charge on any atom is -0.478 e. The minimum absolute atomic E-state index is 0.390. The number of imidazole rings is 1. The van der Waals surface area contributed by atoms with Crippen LogP contribution in [0, 0.1) is 12.7 Å². The van der Waals surface area contributed by atoms with Gasteiger partial charge in [-0.1, -0.05) is 4.49 Å². The number of halogens is 1. The van der Waals surface area contributed by atoms with E-state index in [-0.39, 0.29) is 0 Å². The topological polar surface area (TPSA) is 91.8 Å². The number of carboxylic acids is 1. The van der Waals surface area contributed by atoms with Crippen LogP contribution in [0.25, 0.3) is 21.7 Å². The maximum Gasteiger partial charge on any atom is 0.338 e. The quantitative estimate of drug-likeness (QED) is 0.750. The smallest absolute Gasteiger partial charge is 0.338 e. The molecule has 6 nitrogen and oxygen atoms in total. The van der Waals surface area contributed by atoms with Crippen molar-refractivity contribution in [2.75, 3.05) is 0 Å². The van der Waals surface area contributed by atoms with Crippen molar-refractivity contribution in [3.63, 3.8) is 0 Å². The van der Waals surface area contributed by atoms with Crippen LogP contribution < -0.4 is 0 Å². The standard InChI is InChI=1S/C11H7FN4O2S/c1-4-9(19-16-15-4)10-13-7-2-5(11(17)18)6(12)3-8(7)14-10/h2-3H,1H3,(H,13,14)(H,17,18). The predicted molar refractivity (Wildman–Crippen MR) is 66.7 cm³/mol. The van der Waals surface area contributed by atoms with Gasteiger partial charge in [0.05, 0.1) is 22.3 Å². The van der Waals surface area contributed by atoms with E-state index in [0.717, 1.165) is 10.9 Å². The fourth-order valence-electron chi connectivity index (χ4n) is 1.75. The van der Waals surface area contributed by atoms with Crippen molar-refractivity contribution >= 4 is 28.5 Å². The first-order valence-corrected chi connectivity index (χ1v) is 6.05. The van der Waals surface area contributed by atoms with E-state index in [0.29, 0.717) is 22.6 Å². The Morgan fingerprint density at radius 3 is 2.89 bits per heavy atom. The van der Waals surface area contributed by atoms with Crippen molar-refractivity contribution in [2.24, 2.45) is 0 Å². The monoisotopic (exact) mass is 278 g/mol. The fraction of sp³-hybridized carbons (Fsp3) is 0.0909. The summed E-state index contributed by atoms with van der Waals surface area (Å²) in [5.74, 6) is -1.61. The van der Waals surface area contributed by atoms with Crippen LogP contribution in [0.5, 0.6) is 0 Å². The summed E-state index contributed by atoms with van der Waals surface area (Å²) in [6.45, 7) is 1.79. The molecule has 0 aliphatic rings. The molecule has 19 heavy (non-hydrogen) atoms. The second-order valence-corrected chi connectivity index (χ2v) is 4.68. The molecular formula is C11H7FN4O2S. The zero-order chi connectivity index (χ0) is 13.6. The van der Waals surface area contributed by atoms with E-state index in [9.17, 15) is 9.18 Å². The molecule has 0 amide bonds. The highest BCUT2D eigenvalue weighted by atomic mass is 32.1. The van der Waals surface area contributed by atoms with Crippen molar-refractivity contribution < 1.29 is 14.3 Å². The molecule has 0 aliphatic heterocycles. The Morgan fingerprint density at radius 1 is 1.47 bits per heavy atom. The number of carboxylic acid groups (broad SMARTS) is 1. The molecule has 2 N–H and O–H groups in total. The van der Waals surface area contributed by atoms with E-state index in [1.54, 1.807) is 6.92 Å². The number of aryl methyl sites for hydroxylation is 1. The summed E-state index contributed by atoms with van der Waals surface area (Å²) in [5.41, 5.74) is 1.14. The lowest BCUT2D eigenvalue weighted by Gasteiger charge is -1.95. The zero-order valence-corrected chi connectivity index (χ0v) is 10.5. The third kappa shape index (κ3) is 1.85. The van der Waals surface area contributed by atoms with Gasteiger partial charge in [0.1, 0.15) is 10.7 Å². The Labute approximate surface area is 110 Å². The molecule has 0 unspecified atom stereocenters. The molecule has 3 rings (SSSR count). The zero-order valence-electron chi connectivity index (χ0n) is 9.64. The molecule has 0 atom stereocenters. The van der Waals surface area contributed by atoms with Crippen LogP contribution >= 0.6 is 11.5 Å². The molecule has 0 radical (unpaired) electrons. The van der Waals surface area contributed by atoms with Gasteiger partial charge in [-0.2, -0.15) is 0 Å². The number of H-pyrrole nitrogens is 1. The number of hydrogen-bond donors (Lipinski definition) is 2. The summed E-state index contributed by atoms with van der Waals surface area (Å²) < 4.78 is 17.3. The highest BCUT2D eigenvalue weighted by Crippen LogP contribution is 2.26. The summed E-state index contributed by atoms with van der Waals surface area (Å²) in [4.78, 5) is 18.8. The van der Waals surface area contributed by atoms with Gasteiger partial charge in [0.25, 0.3) is 0 Å². The van der Waals surface area contributed by atoms with Crippen molar-refractivity contribution in [1.29, 1.82) is 0 Å². The third-order valence-corrected chi connectivity index (χ3v) is 3.50. The van der Waals surface area contributed by atoms with Crippen LogP contribution in [0.2, 0.25) is 0 Å². The molecular weight excluding hydrogens is 271 g/mol. The van der Waals surface area contributed by atoms with Gasteiger partial charge in [0.15, 0.2) is 5.82 Å². The highest BCUT2D eigenvalue weighted by molar-refractivity contribution is 7.09. The third-order valence-electron chi connectivity index (χ3n) is 2.67. The van der Waals surface area contributed by atoms with Gasteiger partial charge in [-0.3, -0.25) is 0 Å². The number of aromatic amines is 1. The van der Waals surface area contributed by atoms with Crippen molar-refractivity contribution in [2.45, 2.75) is 6.92 Å². The SMILES string of the molecule is Cc1nnsc1-c1nc2cc(C(=O)O)c(F)cc2[nH]1. The average Bonchev–Trinajstić information content (AvgIpc) is 2.92. The van der Waals surface area contributed by atoms with E-state index < -0.39 is 17.3 Å². The van der Waals surface area contributed by atoms with E-state index in [2.05, 4.69) is 19.6 Å².